The van der Waals surface area contributed by atoms with Crippen LogP contribution < -0.4 is 10.6 Å². The SMILES string of the molecule is CCN(CCCN(C)C)c1cnc(N)cc1C(=O)O. The summed E-state index contributed by atoms with van der Waals surface area (Å²) >= 11 is 0. The van der Waals surface area contributed by atoms with Crippen LogP contribution in [0.25, 0.3) is 0 Å². The van der Waals surface area contributed by atoms with Gasteiger partial charge in [0.2, 0.25) is 0 Å². The molecule has 0 atom stereocenters. The van der Waals surface area contributed by atoms with E-state index in [2.05, 4.69) is 9.88 Å². The normalized spacial score (nSPS) is 10.7. The average molecular weight is 266 g/mol. The maximum absolute atomic E-state index is 11.3. The molecule has 1 rings (SSSR count). The number of carboxylic acid groups (broad SMARTS) is 1. The number of nitrogen functional groups attached to an aromatic ring is 1. The van der Waals surface area contributed by atoms with Gasteiger partial charge >= 0.3 is 5.97 Å². The van der Waals surface area contributed by atoms with Crippen LogP contribution in [0, 0.1) is 0 Å². The average Bonchev–Trinajstić information content (AvgIpc) is 2.34. The Hall–Kier alpha value is -1.82. The Morgan fingerprint density at radius 3 is 2.63 bits per heavy atom. The predicted octanol–water partition coefficient (Wildman–Crippen LogP) is 1.14. The van der Waals surface area contributed by atoms with E-state index < -0.39 is 5.97 Å². The van der Waals surface area contributed by atoms with Crippen molar-refractivity contribution in [2.24, 2.45) is 0 Å². The molecule has 0 saturated carbocycles. The number of nitrogens with zero attached hydrogens (tertiary/aromatic N) is 3. The molecule has 0 saturated heterocycles. The summed E-state index contributed by atoms with van der Waals surface area (Å²) in [6, 6.07) is 1.41. The van der Waals surface area contributed by atoms with Gasteiger partial charge < -0.3 is 20.6 Å². The summed E-state index contributed by atoms with van der Waals surface area (Å²) in [5.41, 5.74) is 6.38. The fraction of sp³-hybridized carbons (Fsp3) is 0.538. The minimum atomic E-state index is -0.977. The molecule has 0 amide bonds. The maximum atomic E-state index is 11.3. The van der Waals surface area contributed by atoms with Gasteiger partial charge in [0, 0.05) is 13.1 Å². The number of hydrogen-bond donors (Lipinski definition) is 2. The van der Waals surface area contributed by atoms with E-state index in [1.54, 1.807) is 0 Å². The van der Waals surface area contributed by atoms with Gasteiger partial charge in [-0.05, 0) is 40.1 Å². The van der Waals surface area contributed by atoms with Crippen molar-refractivity contribution in [3.63, 3.8) is 0 Å². The lowest BCUT2D eigenvalue weighted by Crippen LogP contribution is -2.28. The Bertz CT molecular complexity index is 435. The lowest BCUT2D eigenvalue weighted by atomic mass is 10.2. The van der Waals surface area contributed by atoms with Crippen LogP contribution in [0.2, 0.25) is 0 Å². The zero-order chi connectivity index (χ0) is 14.4. The number of hydrogen-bond acceptors (Lipinski definition) is 5. The van der Waals surface area contributed by atoms with E-state index in [0.717, 1.165) is 26.1 Å². The molecule has 1 heterocycles. The van der Waals surface area contributed by atoms with Gasteiger partial charge in [0.25, 0.3) is 0 Å². The Labute approximate surface area is 113 Å². The number of anilines is 2. The minimum absolute atomic E-state index is 0.208. The van der Waals surface area contributed by atoms with Gasteiger partial charge in [-0.3, -0.25) is 0 Å². The van der Waals surface area contributed by atoms with Gasteiger partial charge in [-0.25, -0.2) is 9.78 Å². The van der Waals surface area contributed by atoms with Gasteiger partial charge in [0.1, 0.15) is 5.82 Å². The molecule has 0 radical (unpaired) electrons. The number of pyridine rings is 1. The van der Waals surface area contributed by atoms with Crippen molar-refractivity contribution < 1.29 is 9.90 Å². The van der Waals surface area contributed by atoms with Crippen molar-refractivity contribution in [2.45, 2.75) is 13.3 Å². The van der Waals surface area contributed by atoms with Crippen LogP contribution in [-0.4, -0.2) is 54.7 Å². The van der Waals surface area contributed by atoms with E-state index in [1.807, 2.05) is 25.9 Å². The van der Waals surface area contributed by atoms with E-state index in [-0.39, 0.29) is 11.4 Å². The van der Waals surface area contributed by atoms with Gasteiger partial charge in [0.05, 0.1) is 17.4 Å². The van der Waals surface area contributed by atoms with Crippen molar-refractivity contribution in [1.29, 1.82) is 0 Å². The number of aromatic nitrogens is 1. The highest BCUT2D eigenvalue weighted by Gasteiger charge is 2.16. The van der Waals surface area contributed by atoms with E-state index in [4.69, 9.17) is 5.73 Å². The molecule has 6 heteroatoms. The topological polar surface area (TPSA) is 82.7 Å². The van der Waals surface area contributed by atoms with Crippen molar-refractivity contribution in [1.82, 2.24) is 9.88 Å². The van der Waals surface area contributed by atoms with Crippen molar-refractivity contribution >= 4 is 17.5 Å². The third-order valence-corrected chi connectivity index (χ3v) is 2.89. The molecule has 0 aliphatic carbocycles. The van der Waals surface area contributed by atoms with Crippen LogP contribution in [0.3, 0.4) is 0 Å². The Balaban J connectivity index is 2.88. The summed E-state index contributed by atoms with van der Waals surface area (Å²) in [5.74, 6) is -0.749. The Morgan fingerprint density at radius 2 is 2.11 bits per heavy atom. The molecule has 106 valence electrons. The highest BCUT2D eigenvalue weighted by atomic mass is 16.4. The molecule has 6 nitrogen and oxygen atoms in total. The summed E-state index contributed by atoms with van der Waals surface area (Å²) in [4.78, 5) is 19.4. The smallest absolute Gasteiger partial charge is 0.338 e. The van der Waals surface area contributed by atoms with Crippen LogP contribution in [-0.2, 0) is 0 Å². The second kappa shape index (κ2) is 6.94. The molecule has 1 aromatic heterocycles. The molecule has 3 N–H and O–H groups in total. The number of aromatic carboxylic acids is 1. The van der Waals surface area contributed by atoms with Crippen LogP contribution in [0.4, 0.5) is 11.5 Å². The second-order valence-corrected chi connectivity index (χ2v) is 4.67. The molecule has 0 aromatic carbocycles. The molecule has 0 aliphatic rings. The molecule has 0 spiro atoms. The zero-order valence-corrected chi connectivity index (χ0v) is 11.8. The first-order valence-electron chi connectivity index (χ1n) is 6.34. The number of rotatable bonds is 7. The van der Waals surface area contributed by atoms with Gasteiger partial charge in [-0.1, -0.05) is 0 Å². The third-order valence-electron chi connectivity index (χ3n) is 2.89. The third kappa shape index (κ3) is 4.40. The standard InChI is InChI=1S/C13H22N4O2/c1-4-17(7-5-6-16(2)3)11-9-15-12(14)8-10(11)13(18)19/h8-9H,4-7H2,1-3H3,(H2,14,15)(H,18,19). The molecule has 0 aliphatic heterocycles. The Morgan fingerprint density at radius 1 is 1.42 bits per heavy atom. The highest BCUT2D eigenvalue weighted by Crippen LogP contribution is 2.21. The van der Waals surface area contributed by atoms with Crippen LogP contribution in [0.15, 0.2) is 12.3 Å². The van der Waals surface area contributed by atoms with Gasteiger partial charge in [-0.2, -0.15) is 0 Å². The molecule has 1 aromatic rings. The quantitative estimate of drug-likeness (QED) is 0.770. The van der Waals surface area contributed by atoms with Crippen molar-refractivity contribution in [3.8, 4) is 0 Å². The van der Waals surface area contributed by atoms with Crippen molar-refractivity contribution in [3.05, 3.63) is 17.8 Å². The predicted molar refractivity (Wildman–Crippen MR) is 76.7 cm³/mol. The monoisotopic (exact) mass is 266 g/mol. The van der Waals surface area contributed by atoms with E-state index in [0.29, 0.717) is 5.69 Å². The lowest BCUT2D eigenvalue weighted by molar-refractivity contribution is 0.0697. The first-order valence-corrected chi connectivity index (χ1v) is 6.34. The molecule has 19 heavy (non-hydrogen) atoms. The van der Waals surface area contributed by atoms with Crippen LogP contribution in [0.5, 0.6) is 0 Å². The Kier molecular flexibility index (Phi) is 5.57. The van der Waals surface area contributed by atoms with Crippen molar-refractivity contribution in [2.75, 3.05) is 44.4 Å². The van der Waals surface area contributed by atoms with Gasteiger partial charge in [-0.15, -0.1) is 0 Å². The highest BCUT2D eigenvalue weighted by molar-refractivity contribution is 5.95. The molecular formula is C13H22N4O2. The van der Waals surface area contributed by atoms with E-state index in [1.165, 1.54) is 12.3 Å². The fourth-order valence-corrected chi connectivity index (χ4v) is 1.91. The van der Waals surface area contributed by atoms with E-state index >= 15 is 0 Å². The van der Waals surface area contributed by atoms with Crippen LogP contribution in [0.1, 0.15) is 23.7 Å². The summed E-state index contributed by atoms with van der Waals surface area (Å²) < 4.78 is 0. The first-order chi connectivity index (χ1) is 8.95. The summed E-state index contributed by atoms with van der Waals surface area (Å²) in [6.45, 7) is 4.48. The number of carboxylic acids is 1. The first kappa shape index (κ1) is 15.2. The van der Waals surface area contributed by atoms with Crippen LogP contribution >= 0.6 is 0 Å². The summed E-state index contributed by atoms with van der Waals surface area (Å²) in [5, 5.41) is 9.23. The molecule has 0 unspecified atom stereocenters. The number of nitrogens with two attached hydrogens (primary N) is 1. The fourth-order valence-electron chi connectivity index (χ4n) is 1.91. The lowest BCUT2D eigenvalue weighted by Gasteiger charge is -2.25. The van der Waals surface area contributed by atoms with E-state index in [9.17, 15) is 9.90 Å². The largest absolute Gasteiger partial charge is 0.478 e. The second-order valence-electron chi connectivity index (χ2n) is 4.67. The summed E-state index contributed by atoms with van der Waals surface area (Å²) in [6.07, 6.45) is 2.50. The minimum Gasteiger partial charge on any atom is -0.478 e. The zero-order valence-electron chi connectivity index (χ0n) is 11.8. The molecule has 0 fully saturated rings. The molecular weight excluding hydrogens is 244 g/mol. The summed E-state index contributed by atoms with van der Waals surface area (Å²) in [7, 11) is 4.04. The molecule has 0 bridgehead atoms. The maximum Gasteiger partial charge on any atom is 0.338 e. The number of carbonyl (C=O) groups is 1. The van der Waals surface area contributed by atoms with Gasteiger partial charge in [0.15, 0.2) is 0 Å².